The fourth-order valence-electron chi connectivity index (χ4n) is 2.66. The van der Waals surface area contributed by atoms with Gasteiger partial charge in [-0.3, -0.25) is 15.1 Å². The average Bonchev–Trinajstić information content (AvgIpc) is 2.56. The van der Waals surface area contributed by atoms with E-state index in [1.54, 1.807) is 6.20 Å². The van der Waals surface area contributed by atoms with Crippen LogP contribution in [-0.2, 0) is 10.3 Å². The molecule has 1 N–H and O–H groups in total. The van der Waals surface area contributed by atoms with Gasteiger partial charge in [-0.05, 0) is 50.0 Å². The van der Waals surface area contributed by atoms with Gasteiger partial charge >= 0.3 is 0 Å². The number of carbonyl (C=O) groups is 1. The molecule has 0 aliphatic heterocycles. The fourth-order valence-corrected chi connectivity index (χ4v) is 2.66. The topological polar surface area (TPSA) is 40.5 Å². The van der Waals surface area contributed by atoms with Gasteiger partial charge < -0.3 is 0 Å². The van der Waals surface area contributed by atoms with E-state index in [0.29, 0.717) is 12.8 Å². The zero-order chi connectivity index (χ0) is 17.0. The van der Waals surface area contributed by atoms with Crippen LogP contribution in [0.4, 0.5) is 0 Å². The van der Waals surface area contributed by atoms with E-state index in [9.17, 15) is 10.0 Å². The standard InChI is InChI=1S/C20H25NO2/c1-5-16-12-15(13-17(6-2)19(16)22)14-21(23)20(3,4)18-10-8-7-9-11-18/h7-14,23H,5-6H2,1-4H3. The van der Waals surface area contributed by atoms with E-state index in [0.717, 1.165) is 22.3 Å². The van der Waals surface area contributed by atoms with Gasteiger partial charge in [0.2, 0.25) is 0 Å². The van der Waals surface area contributed by atoms with Crippen LogP contribution in [0.3, 0.4) is 0 Å². The Morgan fingerprint density at radius 1 is 1.04 bits per heavy atom. The summed E-state index contributed by atoms with van der Waals surface area (Å²) >= 11 is 0. The summed E-state index contributed by atoms with van der Waals surface area (Å²) in [4.78, 5) is 12.2. The highest BCUT2D eigenvalue weighted by Crippen LogP contribution is 2.29. The van der Waals surface area contributed by atoms with Crippen molar-refractivity contribution in [1.82, 2.24) is 5.06 Å². The Hall–Kier alpha value is -2.13. The number of hydrogen-bond donors (Lipinski definition) is 1. The predicted molar refractivity (Wildman–Crippen MR) is 92.9 cm³/mol. The lowest BCUT2D eigenvalue weighted by Gasteiger charge is -2.33. The molecule has 1 aliphatic rings. The van der Waals surface area contributed by atoms with Crippen molar-refractivity contribution in [3.8, 4) is 0 Å². The minimum Gasteiger partial charge on any atom is -0.289 e. The van der Waals surface area contributed by atoms with Gasteiger partial charge in [0, 0.05) is 17.3 Å². The Kier molecular flexibility index (Phi) is 5.22. The van der Waals surface area contributed by atoms with Crippen molar-refractivity contribution in [2.24, 2.45) is 0 Å². The molecule has 0 atom stereocenters. The third-order valence-corrected chi connectivity index (χ3v) is 4.35. The first-order chi connectivity index (χ1) is 10.9. The van der Waals surface area contributed by atoms with E-state index >= 15 is 0 Å². The van der Waals surface area contributed by atoms with Crippen LogP contribution in [0.2, 0.25) is 0 Å². The molecule has 0 fully saturated rings. The van der Waals surface area contributed by atoms with Gasteiger partial charge in [0.1, 0.15) is 0 Å². The van der Waals surface area contributed by atoms with Crippen LogP contribution < -0.4 is 0 Å². The lowest BCUT2D eigenvalue weighted by molar-refractivity contribution is -0.121. The summed E-state index contributed by atoms with van der Waals surface area (Å²) in [5, 5.41) is 11.8. The SMILES string of the molecule is CCC1=CC(=CN(O)C(C)(C)c2ccccc2)C=C(CC)C1=O. The minimum absolute atomic E-state index is 0.124. The normalized spacial score (nSPS) is 15.2. The van der Waals surface area contributed by atoms with Gasteiger partial charge in [-0.25, -0.2) is 0 Å². The first-order valence-corrected chi connectivity index (χ1v) is 8.11. The van der Waals surface area contributed by atoms with Crippen molar-refractivity contribution >= 4 is 5.78 Å². The number of hydrogen-bond acceptors (Lipinski definition) is 3. The van der Waals surface area contributed by atoms with E-state index in [2.05, 4.69) is 0 Å². The van der Waals surface area contributed by atoms with Crippen LogP contribution in [0.25, 0.3) is 0 Å². The Labute approximate surface area is 138 Å². The number of rotatable bonds is 5. The fraction of sp³-hybridized carbons (Fsp3) is 0.350. The molecule has 0 amide bonds. The molecule has 2 rings (SSSR count). The summed E-state index contributed by atoms with van der Waals surface area (Å²) in [6.07, 6.45) is 6.82. The van der Waals surface area contributed by atoms with E-state index in [-0.39, 0.29) is 5.78 Å². The van der Waals surface area contributed by atoms with Crippen molar-refractivity contribution < 1.29 is 10.0 Å². The third-order valence-electron chi connectivity index (χ3n) is 4.35. The smallest absolute Gasteiger partial charge is 0.185 e. The minimum atomic E-state index is -0.559. The Morgan fingerprint density at radius 3 is 2.04 bits per heavy atom. The molecule has 3 nitrogen and oxygen atoms in total. The number of ketones is 1. The highest BCUT2D eigenvalue weighted by atomic mass is 16.5. The molecule has 1 aromatic carbocycles. The van der Waals surface area contributed by atoms with E-state index in [1.807, 2.05) is 70.2 Å². The summed E-state index contributed by atoms with van der Waals surface area (Å²) in [5.74, 6) is 0.124. The number of benzene rings is 1. The molecule has 1 aromatic rings. The summed E-state index contributed by atoms with van der Waals surface area (Å²) in [6.45, 7) is 7.87. The molecule has 1 aliphatic carbocycles. The first kappa shape index (κ1) is 17.2. The van der Waals surface area contributed by atoms with Crippen LogP contribution in [0.5, 0.6) is 0 Å². The number of nitrogens with zero attached hydrogens (tertiary/aromatic N) is 1. The van der Waals surface area contributed by atoms with Crippen LogP contribution in [0.15, 0.2) is 65.4 Å². The van der Waals surface area contributed by atoms with E-state index < -0.39 is 5.54 Å². The second-order valence-corrected chi connectivity index (χ2v) is 6.27. The molecule has 0 heterocycles. The maximum atomic E-state index is 12.2. The highest BCUT2D eigenvalue weighted by molar-refractivity contribution is 6.10. The Bertz CT molecular complexity index is 640. The van der Waals surface area contributed by atoms with Gasteiger partial charge in [0.05, 0.1) is 5.54 Å². The maximum Gasteiger partial charge on any atom is 0.185 e. The van der Waals surface area contributed by atoms with E-state index in [1.165, 1.54) is 5.06 Å². The zero-order valence-corrected chi connectivity index (χ0v) is 14.3. The monoisotopic (exact) mass is 311 g/mol. The van der Waals surface area contributed by atoms with Gasteiger partial charge in [0.25, 0.3) is 0 Å². The molecule has 0 radical (unpaired) electrons. The van der Waals surface area contributed by atoms with E-state index in [4.69, 9.17) is 0 Å². The second kappa shape index (κ2) is 6.97. The number of hydroxylamine groups is 2. The quantitative estimate of drug-likeness (QED) is 0.798. The molecule has 122 valence electrons. The number of allylic oxidation sites excluding steroid dienone is 5. The zero-order valence-electron chi connectivity index (χ0n) is 14.3. The Balaban J connectivity index is 2.35. The van der Waals surface area contributed by atoms with Crippen molar-refractivity contribution in [1.29, 1.82) is 0 Å². The largest absolute Gasteiger partial charge is 0.289 e. The molecule has 0 bridgehead atoms. The molecule has 3 heteroatoms. The van der Waals surface area contributed by atoms with Gasteiger partial charge in [-0.1, -0.05) is 44.2 Å². The van der Waals surface area contributed by atoms with Crippen molar-refractivity contribution in [3.05, 3.63) is 71.0 Å². The average molecular weight is 311 g/mol. The molecule has 23 heavy (non-hydrogen) atoms. The highest BCUT2D eigenvalue weighted by Gasteiger charge is 2.26. The first-order valence-electron chi connectivity index (χ1n) is 8.11. The lowest BCUT2D eigenvalue weighted by Crippen LogP contribution is -2.35. The maximum absolute atomic E-state index is 12.2. The van der Waals surface area contributed by atoms with Crippen LogP contribution >= 0.6 is 0 Å². The Morgan fingerprint density at radius 2 is 1.57 bits per heavy atom. The summed E-state index contributed by atoms with van der Waals surface area (Å²) in [5.41, 5.74) is 2.90. The molecule has 0 spiro atoms. The van der Waals surface area contributed by atoms with Crippen molar-refractivity contribution in [2.75, 3.05) is 0 Å². The predicted octanol–water partition coefficient (Wildman–Crippen LogP) is 4.75. The third kappa shape index (κ3) is 3.62. The molecule has 0 aromatic heterocycles. The lowest BCUT2D eigenvalue weighted by atomic mass is 9.90. The van der Waals surface area contributed by atoms with Crippen LogP contribution in [0, 0.1) is 0 Å². The van der Waals surface area contributed by atoms with Gasteiger partial charge in [-0.15, -0.1) is 0 Å². The van der Waals surface area contributed by atoms with Crippen LogP contribution in [0.1, 0.15) is 46.1 Å². The molecular formula is C20H25NO2. The molecule has 0 saturated heterocycles. The molecule has 0 unspecified atom stereocenters. The number of Topliss-reactive ketones (excluding diaryl/α,β-unsaturated/α-hetero) is 1. The van der Waals surface area contributed by atoms with Gasteiger partial charge in [-0.2, -0.15) is 0 Å². The summed E-state index contributed by atoms with van der Waals surface area (Å²) in [7, 11) is 0. The number of carbonyl (C=O) groups excluding carboxylic acids is 1. The summed E-state index contributed by atoms with van der Waals surface area (Å²) < 4.78 is 0. The van der Waals surface area contributed by atoms with Gasteiger partial charge in [0.15, 0.2) is 5.78 Å². The summed E-state index contributed by atoms with van der Waals surface area (Å²) in [6, 6.07) is 9.86. The molecular weight excluding hydrogens is 286 g/mol. The second-order valence-electron chi connectivity index (χ2n) is 6.27. The van der Waals surface area contributed by atoms with Crippen molar-refractivity contribution in [3.63, 3.8) is 0 Å². The molecule has 0 saturated carbocycles. The van der Waals surface area contributed by atoms with Crippen molar-refractivity contribution in [2.45, 2.75) is 46.1 Å². The van der Waals surface area contributed by atoms with Crippen LogP contribution in [-0.4, -0.2) is 16.1 Å².